The average Bonchev–Trinajstić information content (AvgIpc) is 3.45. The number of aromatic nitrogens is 4. The van der Waals surface area contributed by atoms with E-state index in [2.05, 4.69) is 15.0 Å². The number of fused-ring (bicyclic) bond motifs is 1. The lowest BCUT2D eigenvalue weighted by atomic mass is 10.1. The van der Waals surface area contributed by atoms with E-state index in [1.165, 1.54) is 29.1 Å². The second kappa shape index (κ2) is 9.62. The summed E-state index contributed by atoms with van der Waals surface area (Å²) in [4.78, 5) is 25.2. The number of carbonyl (C=O) groups is 1. The van der Waals surface area contributed by atoms with Gasteiger partial charge in [-0.1, -0.05) is 42.5 Å². The maximum Gasteiger partial charge on any atom is 0.362 e. The van der Waals surface area contributed by atoms with Gasteiger partial charge in [0.05, 0.1) is 25.1 Å². The van der Waals surface area contributed by atoms with Crippen LogP contribution in [0.3, 0.4) is 0 Å². The van der Waals surface area contributed by atoms with E-state index in [0.717, 1.165) is 0 Å². The molecule has 1 amide bonds. The van der Waals surface area contributed by atoms with E-state index < -0.39 is 47.4 Å². The number of aliphatic hydroxyl groups is 2. The summed E-state index contributed by atoms with van der Waals surface area (Å²) in [6.07, 6.45) is -1.74. The van der Waals surface area contributed by atoms with Crippen molar-refractivity contribution >= 4 is 38.9 Å². The van der Waals surface area contributed by atoms with E-state index >= 15 is 0 Å². The van der Waals surface area contributed by atoms with E-state index in [1.807, 2.05) is 6.07 Å². The maximum atomic E-state index is 12.3. The highest BCUT2D eigenvalue weighted by Gasteiger charge is 2.51. The Hall–Kier alpha value is -4.15. The van der Waals surface area contributed by atoms with Crippen LogP contribution in [0.25, 0.3) is 22.6 Å². The van der Waals surface area contributed by atoms with E-state index in [1.54, 1.807) is 35.1 Å². The second-order valence-corrected chi connectivity index (χ2v) is 9.86. The summed E-state index contributed by atoms with van der Waals surface area (Å²) >= 11 is 0. The van der Waals surface area contributed by atoms with Gasteiger partial charge in [0.25, 0.3) is 5.91 Å². The Morgan fingerprint density at radius 1 is 1.16 bits per heavy atom. The van der Waals surface area contributed by atoms with E-state index in [0.29, 0.717) is 5.56 Å². The molecule has 1 aliphatic rings. The molecule has 2 aromatic heterocycles. The third-order valence-electron chi connectivity index (χ3n) is 6.02. The molecule has 0 bridgehead atoms. The van der Waals surface area contributed by atoms with Gasteiger partial charge in [0.1, 0.15) is 17.7 Å². The van der Waals surface area contributed by atoms with Gasteiger partial charge in [0.2, 0.25) is 0 Å². The number of carbonyl (C=O) groups excluding carboxylic acids is 1. The molecule has 1 aliphatic heterocycles. The molecule has 3 atom stereocenters. The van der Waals surface area contributed by atoms with Crippen LogP contribution in [0.2, 0.25) is 0 Å². The topological polar surface area (TPSA) is 218 Å². The monoisotopic (exact) mass is 541 g/mol. The van der Waals surface area contributed by atoms with Crippen LogP contribution in [0.15, 0.2) is 60.9 Å². The molecular weight excluding hydrogens is 518 g/mol. The van der Waals surface area contributed by atoms with Crippen molar-refractivity contribution in [1.82, 2.24) is 24.2 Å². The minimum Gasteiger partial charge on any atom is -0.398 e. The van der Waals surface area contributed by atoms with Crippen molar-refractivity contribution in [3.8, 4) is 11.4 Å². The molecule has 0 saturated carbocycles. The fraction of sp³-hybridized carbons (Fsp3) is 0.217. The van der Waals surface area contributed by atoms with Gasteiger partial charge in [-0.2, -0.15) is 8.42 Å². The number of amides is 1. The van der Waals surface area contributed by atoms with Gasteiger partial charge >= 0.3 is 10.3 Å². The van der Waals surface area contributed by atoms with Gasteiger partial charge in [-0.3, -0.25) is 13.5 Å². The number of benzene rings is 2. The van der Waals surface area contributed by atoms with E-state index in [-0.39, 0.29) is 34.1 Å². The normalized spacial score (nSPS) is 21.5. The Morgan fingerprint density at radius 3 is 2.61 bits per heavy atom. The van der Waals surface area contributed by atoms with Crippen LogP contribution in [0.5, 0.6) is 0 Å². The molecule has 0 spiro atoms. The van der Waals surface area contributed by atoms with Gasteiger partial charge < -0.3 is 26.4 Å². The van der Waals surface area contributed by atoms with Crippen molar-refractivity contribution in [2.75, 3.05) is 24.7 Å². The number of hydrogen-bond acceptors (Lipinski definition) is 12. The number of ether oxygens (including phenoxy) is 1. The predicted octanol–water partition coefficient (Wildman–Crippen LogP) is -0.246. The number of nitrogens with one attached hydrogen (secondary N) is 1. The lowest BCUT2D eigenvalue weighted by Crippen LogP contribution is -2.47. The Bertz CT molecular complexity index is 1610. The number of anilines is 2. The van der Waals surface area contributed by atoms with Gasteiger partial charge in [-0.05, 0) is 12.1 Å². The first-order valence-electron chi connectivity index (χ1n) is 11.2. The molecule has 7 N–H and O–H groups in total. The zero-order valence-corrected chi connectivity index (χ0v) is 20.4. The van der Waals surface area contributed by atoms with Crippen molar-refractivity contribution < 1.29 is 32.3 Å². The molecule has 3 heterocycles. The molecule has 4 aromatic rings. The molecule has 0 radical (unpaired) electrons. The van der Waals surface area contributed by atoms with Crippen molar-refractivity contribution in [1.29, 1.82) is 0 Å². The van der Waals surface area contributed by atoms with Gasteiger partial charge in [0.15, 0.2) is 23.0 Å². The van der Waals surface area contributed by atoms with Crippen molar-refractivity contribution in [3.05, 3.63) is 66.5 Å². The van der Waals surface area contributed by atoms with Crippen LogP contribution in [0.1, 0.15) is 10.4 Å². The molecule has 1 fully saturated rings. The van der Waals surface area contributed by atoms with Crippen LogP contribution in [0.4, 0.5) is 11.5 Å². The molecule has 1 saturated heterocycles. The summed E-state index contributed by atoms with van der Waals surface area (Å²) in [6, 6.07) is 14.9. The molecule has 14 nitrogen and oxygen atoms in total. The summed E-state index contributed by atoms with van der Waals surface area (Å²) in [5.74, 6) is -0.663. The van der Waals surface area contributed by atoms with E-state index in [4.69, 9.17) is 20.4 Å². The highest BCUT2D eigenvalue weighted by Crippen LogP contribution is 2.33. The van der Waals surface area contributed by atoms with E-state index in [9.17, 15) is 23.4 Å². The van der Waals surface area contributed by atoms with Crippen LogP contribution in [0, 0.1) is 0 Å². The lowest BCUT2D eigenvalue weighted by molar-refractivity contribution is -0.109. The number of nitrogen functional groups attached to an aromatic ring is 2. The summed E-state index contributed by atoms with van der Waals surface area (Å²) in [6.45, 7) is -1.17. The van der Waals surface area contributed by atoms with Crippen molar-refractivity contribution in [3.63, 3.8) is 0 Å². The summed E-state index contributed by atoms with van der Waals surface area (Å²) in [5.41, 5.74) is 10.7. The zero-order valence-electron chi connectivity index (χ0n) is 19.6. The van der Waals surface area contributed by atoms with Gasteiger partial charge in [0, 0.05) is 11.3 Å². The Labute approximate surface area is 216 Å². The number of para-hydroxylation sites is 1. The quantitative estimate of drug-likeness (QED) is 0.191. The largest absolute Gasteiger partial charge is 0.398 e. The Balaban J connectivity index is 1.34. The molecule has 38 heavy (non-hydrogen) atoms. The Morgan fingerprint density at radius 2 is 1.87 bits per heavy atom. The highest BCUT2D eigenvalue weighted by molar-refractivity contribution is 7.85. The van der Waals surface area contributed by atoms with Crippen molar-refractivity contribution in [2.45, 2.75) is 17.9 Å². The molecule has 5 rings (SSSR count). The van der Waals surface area contributed by atoms with Crippen LogP contribution >= 0.6 is 0 Å². The third-order valence-corrected chi connectivity index (χ3v) is 6.90. The van der Waals surface area contributed by atoms with Gasteiger partial charge in [-0.15, -0.1) is 0 Å². The number of rotatable bonds is 7. The molecule has 198 valence electrons. The number of nitrogens with zero attached hydrogens (tertiary/aromatic N) is 4. The first-order chi connectivity index (χ1) is 18.1. The predicted molar refractivity (Wildman–Crippen MR) is 134 cm³/mol. The number of aliphatic hydroxyl groups excluding tert-OH is 1. The third kappa shape index (κ3) is 4.64. The van der Waals surface area contributed by atoms with Gasteiger partial charge in [-0.25, -0.2) is 19.7 Å². The minimum absolute atomic E-state index is 0.0605. The molecule has 2 aromatic carbocycles. The van der Waals surface area contributed by atoms with Crippen molar-refractivity contribution in [2.24, 2.45) is 0 Å². The van der Waals surface area contributed by atoms with Crippen LogP contribution in [-0.4, -0.2) is 69.5 Å². The first-order valence-corrected chi connectivity index (χ1v) is 12.6. The molecule has 15 heteroatoms. The SMILES string of the molecule is Nc1ccccc1C(=O)NS(=O)(=O)OC[C@H]1OC[C@](O)(n2cnc3c(N)nc(-c4ccccc4)nc32)[C@@H]1O. The summed E-state index contributed by atoms with van der Waals surface area (Å²) in [7, 11) is -4.61. The number of imidazole rings is 1. The first kappa shape index (κ1) is 25.5. The fourth-order valence-corrected chi connectivity index (χ4v) is 4.74. The number of nitrogens with two attached hydrogens (primary N) is 2. The second-order valence-electron chi connectivity index (χ2n) is 8.52. The minimum atomic E-state index is -4.61. The smallest absolute Gasteiger partial charge is 0.362 e. The fourth-order valence-electron chi connectivity index (χ4n) is 4.04. The van der Waals surface area contributed by atoms with Crippen LogP contribution < -0.4 is 16.2 Å². The Kier molecular flexibility index (Phi) is 6.46. The average molecular weight is 542 g/mol. The molecule has 0 unspecified atom stereocenters. The highest BCUT2D eigenvalue weighted by atomic mass is 32.2. The van der Waals surface area contributed by atoms with Crippen LogP contribution in [-0.2, 0) is 24.9 Å². The maximum absolute atomic E-state index is 12.3. The lowest BCUT2D eigenvalue weighted by Gasteiger charge is -2.27. The number of hydrogen-bond donors (Lipinski definition) is 5. The summed E-state index contributed by atoms with van der Waals surface area (Å²) in [5, 5.41) is 22.3. The zero-order chi connectivity index (χ0) is 27.1. The molecule has 0 aliphatic carbocycles. The molecular formula is C23H23N7O7S. The standard InChI is InChI=1S/C23H23N7O7S/c24-15-9-5-4-8-14(15)22(32)29-38(34,35)37-10-16-18(31)23(33,11-36-16)30-12-26-17-19(25)27-20(28-21(17)30)13-6-2-1-3-7-13/h1-9,12,16,18,31,33H,10-11,24H2,(H,29,32)(H2,25,27,28)/t16-,18-,23-/m1/s1. The summed E-state index contributed by atoms with van der Waals surface area (Å²) < 4.78 is 37.9.